The number of thiophene rings is 1. The fourth-order valence-corrected chi connectivity index (χ4v) is 3.56. The zero-order chi connectivity index (χ0) is 18.7. The Morgan fingerprint density at radius 2 is 1.73 bits per heavy atom. The minimum absolute atomic E-state index is 0.106. The number of benzene rings is 1. The number of aromatic carboxylic acids is 1. The van der Waals surface area contributed by atoms with Crippen molar-refractivity contribution < 1.29 is 14.7 Å². The summed E-state index contributed by atoms with van der Waals surface area (Å²) in [5, 5.41) is 14.4. The first-order valence-corrected chi connectivity index (χ1v) is 9.02. The van der Waals surface area contributed by atoms with E-state index in [4.69, 9.17) is 0 Å². The number of pyridine rings is 1. The van der Waals surface area contributed by atoms with Gasteiger partial charge in [-0.05, 0) is 29.2 Å². The summed E-state index contributed by atoms with van der Waals surface area (Å²) in [6.07, 6.45) is 3.03. The molecule has 0 bridgehead atoms. The maximum Gasteiger partial charge on any atom is 0.339 e. The monoisotopic (exact) mass is 366 g/mol. The number of hydrogen-bond donors (Lipinski definition) is 2. The van der Waals surface area contributed by atoms with Gasteiger partial charge >= 0.3 is 5.97 Å². The summed E-state index contributed by atoms with van der Waals surface area (Å²) in [7, 11) is 0. The first-order valence-electron chi connectivity index (χ1n) is 8.14. The number of carbonyl (C=O) groups excluding carboxylic acids is 1. The van der Waals surface area contributed by atoms with E-state index in [1.165, 1.54) is 29.3 Å². The number of hydrogen-bond acceptors (Lipinski definition) is 4. The summed E-state index contributed by atoms with van der Waals surface area (Å²) < 4.78 is 0. The van der Waals surface area contributed by atoms with Crippen LogP contribution in [0.15, 0.2) is 54.2 Å². The Morgan fingerprint density at radius 3 is 2.31 bits per heavy atom. The van der Waals surface area contributed by atoms with Gasteiger partial charge in [-0.1, -0.05) is 38.1 Å². The highest BCUT2D eigenvalue weighted by Crippen LogP contribution is 2.36. The van der Waals surface area contributed by atoms with Crippen LogP contribution in [0.2, 0.25) is 0 Å². The average Bonchev–Trinajstić information content (AvgIpc) is 3.06. The van der Waals surface area contributed by atoms with Crippen LogP contribution in [-0.2, 0) is 0 Å². The number of aromatic nitrogens is 1. The molecule has 0 fully saturated rings. The lowest BCUT2D eigenvalue weighted by molar-refractivity contribution is 0.0699. The maximum absolute atomic E-state index is 12.3. The van der Waals surface area contributed by atoms with Crippen molar-refractivity contribution in [1.29, 1.82) is 0 Å². The van der Waals surface area contributed by atoms with Crippen molar-refractivity contribution in [3.8, 4) is 11.1 Å². The maximum atomic E-state index is 12.3. The molecule has 132 valence electrons. The Labute approximate surface area is 155 Å². The molecular weight excluding hydrogens is 348 g/mol. The molecule has 26 heavy (non-hydrogen) atoms. The van der Waals surface area contributed by atoms with Crippen LogP contribution in [0, 0.1) is 0 Å². The van der Waals surface area contributed by atoms with Crippen molar-refractivity contribution in [2.75, 3.05) is 5.32 Å². The minimum Gasteiger partial charge on any atom is -0.478 e. The van der Waals surface area contributed by atoms with E-state index in [1.54, 1.807) is 17.5 Å². The van der Waals surface area contributed by atoms with Crippen LogP contribution >= 0.6 is 11.3 Å². The second kappa shape index (κ2) is 7.49. The number of anilines is 1. The quantitative estimate of drug-likeness (QED) is 0.674. The zero-order valence-electron chi connectivity index (χ0n) is 14.4. The topological polar surface area (TPSA) is 79.3 Å². The van der Waals surface area contributed by atoms with Gasteiger partial charge in [0.1, 0.15) is 10.6 Å². The van der Waals surface area contributed by atoms with Crippen molar-refractivity contribution in [2.24, 2.45) is 0 Å². The lowest BCUT2D eigenvalue weighted by Gasteiger charge is -2.08. The van der Waals surface area contributed by atoms with Gasteiger partial charge in [-0.3, -0.25) is 9.78 Å². The van der Waals surface area contributed by atoms with Crippen LogP contribution in [-0.4, -0.2) is 22.0 Å². The number of nitrogens with one attached hydrogen (secondary N) is 1. The summed E-state index contributed by atoms with van der Waals surface area (Å²) >= 11 is 1.20. The molecule has 2 N–H and O–H groups in total. The standard InChI is InChI=1S/C20H18N2O3S/c1-12(2)13-3-5-14(6-4-13)16-11-26-19(17(16)20(24)25)22-18(23)15-7-9-21-10-8-15/h3-12H,1-2H3,(H,22,23)(H,24,25). The lowest BCUT2D eigenvalue weighted by Crippen LogP contribution is -2.13. The van der Waals surface area contributed by atoms with Crippen LogP contribution in [0.5, 0.6) is 0 Å². The fraction of sp³-hybridized carbons (Fsp3) is 0.150. The Morgan fingerprint density at radius 1 is 1.08 bits per heavy atom. The molecule has 0 saturated carbocycles. The molecule has 0 spiro atoms. The van der Waals surface area contributed by atoms with Crippen molar-refractivity contribution in [1.82, 2.24) is 4.98 Å². The molecule has 0 atom stereocenters. The van der Waals surface area contributed by atoms with E-state index in [0.717, 1.165) is 5.56 Å². The van der Waals surface area contributed by atoms with E-state index in [-0.39, 0.29) is 11.5 Å². The molecule has 0 aliphatic carbocycles. The summed E-state index contributed by atoms with van der Waals surface area (Å²) in [5.41, 5.74) is 3.13. The van der Waals surface area contributed by atoms with E-state index in [1.807, 2.05) is 24.3 Å². The Balaban J connectivity index is 1.94. The van der Waals surface area contributed by atoms with Gasteiger partial charge in [0.05, 0.1) is 0 Å². The van der Waals surface area contributed by atoms with Crippen molar-refractivity contribution in [3.05, 3.63) is 70.9 Å². The fourth-order valence-electron chi connectivity index (χ4n) is 2.60. The molecule has 1 aromatic carbocycles. The highest BCUT2D eigenvalue weighted by atomic mass is 32.1. The van der Waals surface area contributed by atoms with Gasteiger partial charge in [0, 0.05) is 28.9 Å². The van der Waals surface area contributed by atoms with Crippen LogP contribution < -0.4 is 5.32 Å². The summed E-state index contributed by atoms with van der Waals surface area (Å²) in [5.74, 6) is -1.03. The molecule has 0 saturated heterocycles. The normalized spacial score (nSPS) is 10.7. The largest absolute Gasteiger partial charge is 0.478 e. The Hall–Kier alpha value is -2.99. The summed E-state index contributed by atoms with van der Waals surface area (Å²) in [4.78, 5) is 28.0. The van der Waals surface area contributed by atoms with E-state index in [9.17, 15) is 14.7 Å². The predicted molar refractivity (Wildman–Crippen MR) is 103 cm³/mol. The number of carboxylic acid groups (broad SMARTS) is 1. The molecule has 0 aliphatic heterocycles. The van der Waals surface area contributed by atoms with Gasteiger partial charge < -0.3 is 10.4 Å². The molecule has 2 heterocycles. The van der Waals surface area contributed by atoms with Gasteiger partial charge in [-0.2, -0.15) is 0 Å². The molecule has 6 heteroatoms. The first-order chi connectivity index (χ1) is 12.5. The van der Waals surface area contributed by atoms with Gasteiger partial charge in [-0.25, -0.2) is 4.79 Å². The van der Waals surface area contributed by atoms with E-state index in [0.29, 0.717) is 22.0 Å². The molecule has 0 radical (unpaired) electrons. The molecule has 2 aromatic heterocycles. The number of carbonyl (C=O) groups is 2. The minimum atomic E-state index is -1.07. The highest BCUT2D eigenvalue weighted by Gasteiger charge is 2.21. The van der Waals surface area contributed by atoms with Gasteiger partial charge in [0.15, 0.2) is 0 Å². The third-order valence-electron chi connectivity index (χ3n) is 4.06. The van der Waals surface area contributed by atoms with Crippen molar-refractivity contribution in [2.45, 2.75) is 19.8 Å². The first kappa shape index (κ1) is 17.8. The third kappa shape index (κ3) is 3.65. The predicted octanol–water partition coefficient (Wildman–Crippen LogP) is 4.88. The van der Waals surface area contributed by atoms with Crippen LogP contribution in [0.25, 0.3) is 11.1 Å². The van der Waals surface area contributed by atoms with Gasteiger partial charge in [0.2, 0.25) is 0 Å². The number of carboxylic acids is 1. The van der Waals surface area contributed by atoms with Crippen LogP contribution in [0.3, 0.4) is 0 Å². The van der Waals surface area contributed by atoms with Crippen molar-refractivity contribution in [3.63, 3.8) is 0 Å². The van der Waals surface area contributed by atoms with Crippen LogP contribution in [0.1, 0.15) is 46.0 Å². The Bertz CT molecular complexity index is 931. The average molecular weight is 366 g/mol. The second-order valence-corrected chi connectivity index (χ2v) is 7.01. The number of amides is 1. The molecule has 3 aromatic rings. The second-order valence-electron chi connectivity index (χ2n) is 6.13. The van der Waals surface area contributed by atoms with Gasteiger partial charge in [-0.15, -0.1) is 11.3 Å². The van der Waals surface area contributed by atoms with Gasteiger partial charge in [0.25, 0.3) is 5.91 Å². The number of rotatable bonds is 5. The zero-order valence-corrected chi connectivity index (χ0v) is 15.2. The molecule has 1 amide bonds. The molecule has 0 unspecified atom stereocenters. The van der Waals surface area contributed by atoms with E-state index >= 15 is 0 Å². The van der Waals surface area contributed by atoms with E-state index in [2.05, 4.69) is 24.1 Å². The highest BCUT2D eigenvalue weighted by molar-refractivity contribution is 7.15. The third-order valence-corrected chi connectivity index (χ3v) is 4.96. The summed E-state index contributed by atoms with van der Waals surface area (Å²) in [6, 6.07) is 11.0. The Kier molecular flexibility index (Phi) is 5.14. The molecule has 0 aliphatic rings. The van der Waals surface area contributed by atoms with E-state index < -0.39 is 5.97 Å². The lowest BCUT2D eigenvalue weighted by atomic mass is 9.98. The molecular formula is C20H18N2O3S. The summed E-state index contributed by atoms with van der Waals surface area (Å²) in [6.45, 7) is 4.21. The van der Waals surface area contributed by atoms with Crippen LogP contribution in [0.4, 0.5) is 5.00 Å². The van der Waals surface area contributed by atoms with Crippen molar-refractivity contribution >= 4 is 28.2 Å². The number of nitrogens with zero attached hydrogens (tertiary/aromatic N) is 1. The smallest absolute Gasteiger partial charge is 0.339 e. The molecule has 5 nitrogen and oxygen atoms in total. The SMILES string of the molecule is CC(C)c1ccc(-c2csc(NC(=O)c3ccncc3)c2C(=O)O)cc1. The molecule has 3 rings (SSSR count).